The van der Waals surface area contributed by atoms with Gasteiger partial charge in [-0.2, -0.15) is 5.10 Å². The zero-order valence-corrected chi connectivity index (χ0v) is 9.73. The van der Waals surface area contributed by atoms with E-state index >= 15 is 0 Å². The average molecular weight is 217 g/mol. The summed E-state index contributed by atoms with van der Waals surface area (Å²) in [4.78, 5) is 0. The molecule has 84 valence electrons. The number of nitrogens with zero attached hydrogens (tertiary/aromatic N) is 4. The van der Waals surface area contributed by atoms with E-state index in [-0.39, 0.29) is 0 Å². The summed E-state index contributed by atoms with van der Waals surface area (Å²) in [5, 5.41) is 15.7. The molecule has 0 unspecified atom stereocenters. The van der Waals surface area contributed by atoms with Crippen molar-refractivity contribution in [2.75, 3.05) is 11.9 Å². The Morgan fingerprint density at radius 1 is 1.31 bits per heavy atom. The second kappa shape index (κ2) is 4.30. The summed E-state index contributed by atoms with van der Waals surface area (Å²) in [6.07, 6.45) is 1.95. The van der Waals surface area contributed by atoms with Crippen LogP contribution in [0.4, 0.5) is 5.82 Å². The highest BCUT2D eigenvalue weighted by Crippen LogP contribution is 2.19. The summed E-state index contributed by atoms with van der Waals surface area (Å²) in [6.45, 7) is 4.84. The molecule has 0 saturated heterocycles. The third kappa shape index (κ3) is 2.03. The van der Waals surface area contributed by atoms with Crippen molar-refractivity contribution in [1.29, 1.82) is 0 Å². The number of aromatic nitrogens is 4. The average Bonchev–Trinajstić information content (AvgIpc) is 2.59. The van der Waals surface area contributed by atoms with E-state index in [1.54, 1.807) is 4.68 Å². The van der Waals surface area contributed by atoms with Crippen LogP contribution in [0.1, 0.15) is 12.6 Å². The third-order valence-corrected chi connectivity index (χ3v) is 2.31. The van der Waals surface area contributed by atoms with E-state index in [1.807, 2.05) is 39.2 Å². The van der Waals surface area contributed by atoms with E-state index in [4.69, 9.17) is 0 Å². The first-order chi connectivity index (χ1) is 7.70. The first-order valence-corrected chi connectivity index (χ1v) is 5.29. The third-order valence-electron chi connectivity index (χ3n) is 2.31. The van der Waals surface area contributed by atoms with Crippen LogP contribution in [0.2, 0.25) is 0 Å². The predicted octanol–water partition coefficient (Wildman–Crippen LogP) is 1.62. The van der Waals surface area contributed by atoms with Crippen LogP contribution in [0.5, 0.6) is 0 Å². The Labute approximate surface area is 94.5 Å². The van der Waals surface area contributed by atoms with Crippen LogP contribution in [-0.2, 0) is 7.05 Å². The van der Waals surface area contributed by atoms with Gasteiger partial charge in [0.25, 0.3) is 0 Å². The van der Waals surface area contributed by atoms with Gasteiger partial charge in [0.15, 0.2) is 0 Å². The molecule has 0 fully saturated rings. The normalized spacial score (nSPS) is 10.4. The van der Waals surface area contributed by atoms with Gasteiger partial charge in [0.2, 0.25) is 0 Å². The molecule has 0 aromatic carbocycles. The van der Waals surface area contributed by atoms with Gasteiger partial charge in [-0.05, 0) is 26.0 Å². The zero-order chi connectivity index (χ0) is 11.5. The van der Waals surface area contributed by atoms with Crippen LogP contribution in [0.25, 0.3) is 11.3 Å². The molecule has 16 heavy (non-hydrogen) atoms. The van der Waals surface area contributed by atoms with Crippen LogP contribution in [0.3, 0.4) is 0 Å². The van der Waals surface area contributed by atoms with Crippen molar-refractivity contribution in [2.24, 2.45) is 7.05 Å². The quantitative estimate of drug-likeness (QED) is 0.848. The molecule has 0 aliphatic heterocycles. The summed E-state index contributed by atoms with van der Waals surface area (Å²) >= 11 is 0. The molecular formula is C11H15N5. The zero-order valence-electron chi connectivity index (χ0n) is 9.73. The molecule has 5 nitrogen and oxygen atoms in total. The molecule has 2 aromatic rings. The summed E-state index contributed by atoms with van der Waals surface area (Å²) < 4.78 is 1.78. The molecule has 2 aromatic heterocycles. The lowest BCUT2D eigenvalue weighted by atomic mass is 10.2. The van der Waals surface area contributed by atoms with E-state index in [9.17, 15) is 0 Å². The van der Waals surface area contributed by atoms with Crippen LogP contribution < -0.4 is 5.32 Å². The van der Waals surface area contributed by atoms with E-state index < -0.39 is 0 Å². The van der Waals surface area contributed by atoms with Gasteiger partial charge < -0.3 is 5.32 Å². The maximum Gasteiger partial charge on any atom is 0.148 e. The van der Waals surface area contributed by atoms with E-state index in [0.717, 1.165) is 29.3 Å². The topological polar surface area (TPSA) is 55.6 Å². The number of nitrogens with one attached hydrogen (secondary N) is 1. The monoisotopic (exact) mass is 217 g/mol. The van der Waals surface area contributed by atoms with Crippen molar-refractivity contribution in [3.05, 3.63) is 24.0 Å². The van der Waals surface area contributed by atoms with Crippen molar-refractivity contribution >= 4 is 5.82 Å². The Bertz CT molecular complexity index is 472. The molecule has 2 heterocycles. The lowest BCUT2D eigenvalue weighted by Gasteiger charge is -2.01. The largest absolute Gasteiger partial charge is 0.369 e. The molecule has 2 rings (SSSR count). The van der Waals surface area contributed by atoms with Gasteiger partial charge in [0.05, 0.1) is 11.4 Å². The number of hydrogen-bond donors (Lipinski definition) is 1. The summed E-state index contributed by atoms with van der Waals surface area (Å²) in [6, 6.07) is 3.88. The minimum absolute atomic E-state index is 0.799. The molecule has 0 atom stereocenters. The summed E-state index contributed by atoms with van der Waals surface area (Å²) in [5.41, 5.74) is 2.85. The van der Waals surface area contributed by atoms with Crippen LogP contribution in [-0.4, -0.2) is 26.5 Å². The molecule has 0 spiro atoms. The van der Waals surface area contributed by atoms with Gasteiger partial charge >= 0.3 is 0 Å². The standard InChI is InChI=1S/C11H15N5/c1-4-12-11-6-5-10(13-14-11)9-7-16(3)15-8(9)2/h5-7H,4H2,1-3H3,(H,12,14). The number of rotatable bonds is 3. The number of anilines is 1. The number of aryl methyl sites for hydroxylation is 2. The van der Waals surface area contributed by atoms with Crippen LogP contribution >= 0.6 is 0 Å². The maximum atomic E-state index is 4.28. The van der Waals surface area contributed by atoms with Crippen molar-refractivity contribution in [1.82, 2.24) is 20.0 Å². The van der Waals surface area contributed by atoms with Crippen molar-refractivity contribution in [3.63, 3.8) is 0 Å². The Balaban J connectivity index is 2.31. The second-order valence-electron chi connectivity index (χ2n) is 3.64. The molecule has 0 bridgehead atoms. The lowest BCUT2D eigenvalue weighted by Crippen LogP contribution is -2.00. The number of hydrogen-bond acceptors (Lipinski definition) is 4. The fraction of sp³-hybridized carbons (Fsp3) is 0.364. The smallest absolute Gasteiger partial charge is 0.148 e. The van der Waals surface area contributed by atoms with E-state index in [2.05, 4.69) is 20.6 Å². The van der Waals surface area contributed by atoms with Gasteiger partial charge in [0, 0.05) is 25.4 Å². The van der Waals surface area contributed by atoms with Gasteiger partial charge in [0.1, 0.15) is 5.82 Å². The molecular weight excluding hydrogens is 202 g/mol. The molecule has 1 N–H and O–H groups in total. The highest BCUT2D eigenvalue weighted by Gasteiger charge is 2.07. The predicted molar refractivity (Wildman–Crippen MR) is 63.1 cm³/mol. The highest BCUT2D eigenvalue weighted by molar-refractivity contribution is 5.61. The second-order valence-corrected chi connectivity index (χ2v) is 3.64. The molecule has 0 aliphatic rings. The molecule has 0 amide bonds. The van der Waals surface area contributed by atoms with E-state index in [1.165, 1.54) is 0 Å². The lowest BCUT2D eigenvalue weighted by molar-refractivity contribution is 0.756. The Morgan fingerprint density at radius 2 is 2.12 bits per heavy atom. The van der Waals surface area contributed by atoms with Gasteiger partial charge in [-0.3, -0.25) is 4.68 Å². The van der Waals surface area contributed by atoms with E-state index in [0.29, 0.717) is 0 Å². The van der Waals surface area contributed by atoms with Crippen molar-refractivity contribution < 1.29 is 0 Å². The van der Waals surface area contributed by atoms with Crippen molar-refractivity contribution in [2.45, 2.75) is 13.8 Å². The van der Waals surface area contributed by atoms with Gasteiger partial charge in [-0.15, -0.1) is 10.2 Å². The van der Waals surface area contributed by atoms with Crippen molar-refractivity contribution in [3.8, 4) is 11.3 Å². The first-order valence-electron chi connectivity index (χ1n) is 5.29. The fourth-order valence-corrected chi connectivity index (χ4v) is 1.60. The Kier molecular flexibility index (Phi) is 2.85. The Morgan fingerprint density at radius 3 is 2.62 bits per heavy atom. The van der Waals surface area contributed by atoms with Gasteiger partial charge in [-0.25, -0.2) is 0 Å². The minimum Gasteiger partial charge on any atom is -0.369 e. The molecule has 0 radical (unpaired) electrons. The molecule has 0 saturated carbocycles. The van der Waals surface area contributed by atoms with Crippen LogP contribution in [0.15, 0.2) is 18.3 Å². The molecule has 5 heteroatoms. The molecule has 0 aliphatic carbocycles. The highest BCUT2D eigenvalue weighted by atomic mass is 15.3. The van der Waals surface area contributed by atoms with Gasteiger partial charge in [-0.1, -0.05) is 0 Å². The Hall–Kier alpha value is -1.91. The summed E-state index contributed by atoms with van der Waals surface area (Å²) in [7, 11) is 1.90. The SMILES string of the molecule is CCNc1ccc(-c2cn(C)nc2C)nn1. The summed E-state index contributed by atoms with van der Waals surface area (Å²) in [5.74, 6) is 0.799. The maximum absolute atomic E-state index is 4.28. The van der Waals surface area contributed by atoms with Crippen LogP contribution in [0, 0.1) is 6.92 Å². The first kappa shape index (κ1) is 10.6. The fourth-order valence-electron chi connectivity index (χ4n) is 1.60. The minimum atomic E-state index is 0.799.